The molecule has 144 valence electrons. The number of hydrogen-bond donors (Lipinski definition) is 1. The van der Waals surface area contributed by atoms with Gasteiger partial charge in [0, 0.05) is 6.54 Å². The molecule has 0 aliphatic rings. The second-order valence-corrected chi connectivity index (χ2v) is 6.81. The lowest BCUT2D eigenvalue weighted by molar-refractivity contribution is -0.152. The van der Waals surface area contributed by atoms with Crippen LogP contribution in [0.1, 0.15) is 26.3 Å². The fraction of sp³-hybridized carbons (Fsp3) is 0.273. The number of hydrogen-bond acceptors (Lipinski definition) is 5. The van der Waals surface area contributed by atoms with E-state index < -0.39 is 11.6 Å². The van der Waals surface area contributed by atoms with Gasteiger partial charge in [-0.2, -0.15) is 4.98 Å². The minimum absolute atomic E-state index is 0.480. The van der Waals surface area contributed by atoms with Crippen LogP contribution in [0.15, 0.2) is 52.9 Å². The van der Waals surface area contributed by atoms with Crippen LogP contribution in [0.2, 0.25) is 0 Å². The van der Waals surface area contributed by atoms with Gasteiger partial charge in [0.15, 0.2) is 11.2 Å². The molecule has 28 heavy (non-hydrogen) atoms. The minimum atomic E-state index is -1.29. The van der Waals surface area contributed by atoms with E-state index in [0.717, 1.165) is 16.7 Å². The van der Waals surface area contributed by atoms with Crippen molar-refractivity contribution in [2.75, 3.05) is 11.4 Å². The van der Waals surface area contributed by atoms with Crippen LogP contribution in [0, 0.1) is 11.8 Å². The Kier molecular flexibility index (Phi) is 5.55. The number of carboxylic acid groups (broad SMARTS) is 1. The van der Waals surface area contributed by atoms with Crippen LogP contribution in [0.4, 0.5) is 6.01 Å². The van der Waals surface area contributed by atoms with Gasteiger partial charge in [-0.25, -0.2) is 4.79 Å². The van der Waals surface area contributed by atoms with E-state index in [1.807, 2.05) is 41.3 Å². The number of rotatable bonds is 7. The number of oxazole rings is 1. The summed E-state index contributed by atoms with van der Waals surface area (Å²) in [6.07, 6.45) is 0. The number of ether oxygens (including phenoxy) is 1. The van der Waals surface area contributed by atoms with Crippen molar-refractivity contribution in [3.63, 3.8) is 0 Å². The summed E-state index contributed by atoms with van der Waals surface area (Å²) >= 11 is 0. The SMILES string of the molecule is CC#CCN(Cc1ccc(OC(C)(C)C(=O)O)cc1)c1nc2ccccc2o1. The standard InChI is InChI=1S/C22H22N2O4/c1-4-5-14-24(21-23-18-8-6-7-9-19(18)27-21)15-16-10-12-17(13-11-16)28-22(2,3)20(25)26/h6-13H,14-15H2,1-3H3,(H,25,26). The number of aromatic nitrogens is 1. The third-order valence-electron chi connectivity index (χ3n) is 4.18. The number of benzene rings is 2. The molecule has 0 saturated heterocycles. The molecule has 3 aromatic rings. The predicted molar refractivity (Wildman–Crippen MR) is 107 cm³/mol. The average molecular weight is 378 g/mol. The van der Waals surface area contributed by atoms with Gasteiger partial charge in [-0.15, -0.1) is 5.92 Å². The van der Waals surface area contributed by atoms with Crippen molar-refractivity contribution in [1.82, 2.24) is 4.98 Å². The van der Waals surface area contributed by atoms with Crippen molar-refractivity contribution in [3.05, 3.63) is 54.1 Å². The molecule has 2 aromatic carbocycles. The Bertz CT molecular complexity index is 993. The highest BCUT2D eigenvalue weighted by molar-refractivity contribution is 5.76. The smallest absolute Gasteiger partial charge is 0.347 e. The summed E-state index contributed by atoms with van der Waals surface area (Å²) < 4.78 is 11.4. The van der Waals surface area contributed by atoms with Gasteiger partial charge in [-0.05, 0) is 50.6 Å². The van der Waals surface area contributed by atoms with Gasteiger partial charge >= 0.3 is 5.97 Å². The Morgan fingerprint density at radius 2 is 1.93 bits per heavy atom. The van der Waals surface area contributed by atoms with E-state index >= 15 is 0 Å². The molecular weight excluding hydrogens is 356 g/mol. The molecule has 0 spiro atoms. The number of nitrogens with zero attached hydrogens (tertiary/aromatic N) is 2. The molecule has 3 rings (SSSR count). The van der Waals surface area contributed by atoms with Crippen molar-refractivity contribution in [2.45, 2.75) is 32.9 Å². The average Bonchev–Trinajstić information content (AvgIpc) is 3.10. The highest BCUT2D eigenvalue weighted by Gasteiger charge is 2.29. The molecule has 6 heteroatoms. The van der Waals surface area contributed by atoms with E-state index in [4.69, 9.17) is 9.15 Å². The summed E-state index contributed by atoms with van der Waals surface area (Å²) in [5, 5.41) is 9.18. The summed E-state index contributed by atoms with van der Waals surface area (Å²) in [6, 6.07) is 15.4. The van der Waals surface area contributed by atoms with Gasteiger partial charge in [0.1, 0.15) is 11.3 Å². The summed E-state index contributed by atoms with van der Waals surface area (Å²) in [7, 11) is 0. The van der Waals surface area contributed by atoms with Crippen LogP contribution in [-0.4, -0.2) is 28.2 Å². The second-order valence-electron chi connectivity index (χ2n) is 6.81. The van der Waals surface area contributed by atoms with Gasteiger partial charge < -0.3 is 19.2 Å². The first-order valence-electron chi connectivity index (χ1n) is 8.90. The molecule has 0 radical (unpaired) electrons. The summed E-state index contributed by atoms with van der Waals surface area (Å²) in [4.78, 5) is 17.7. The number of anilines is 1. The summed E-state index contributed by atoms with van der Waals surface area (Å²) in [6.45, 7) is 5.85. The van der Waals surface area contributed by atoms with E-state index in [-0.39, 0.29) is 0 Å². The molecule has 0 aliphatic heterocycles. The first-order chi connectivity index (χ1) is 13.4. The van der Waals surface area contributed by atoms with Crippen LogP contribution in [0.3, 0.4) is 0 Å². The molecule has 1 heterocycles. The highest BCUT2D eigenvalue weighted by atomic mass is 16.5. The lowest BCUT2D eigenvalue weighted by Gasteiger charge is -2.22. The van der Waals surface area contributed by atoms with Crippen molar-refractivity contribution >= 4 is 23.1 Å². The van der Waals surface area contributed by atoms with Crippen molar-refractivity contribution < 1.29 is 19.1 Å². The van der Waals surface area contributed by atoms with Crippen molar-refractivity contribution in [1.29, 1.82) is 0 Å². The Balaban J connectivity index is 1.79. The third kappa shape index (κ3) is 4.44. The number of carbonyl (C=O) groups is 1. The van der Waals surface area contributed by atoms with Crippen LogP contribution < -0.4 is 9.64 Å². The van der Waals surface area contributed by atoms with E-state index in [2.05, 4.69) is 16.8 Å². The molecule has 1 N–H and O–H groups in total. The van der Waals surface area contributed by atoms with E-state index in [0.29, 0.717) is 24.9 Å². The van der Waals surface area contributed by atoms with Gasteiger partial charge in [-0.1, -0.05) is 30.2 Å². The lowest BCUT2D eigenvalue weighted by Crippen LogP contribution is -2.37. The number of para-hydroxylation sites is 2. The first-order valence-corrected chi connectivity index (χ1v) is 8.90. The summed E-state index contributed by atoms with van der Waals surface area (Å²) in [5.74, 6) is 5.43. The lowest BCUT2D eigenvalue weighted by atomic mass is 10.1. The second kappa shape index (κ2) is 8.05. The van der Waals surface area contributed by atoms with Gasteiger partial charge in [0.05, 0.1) is 6.54 Å². The molecule has 6 nitrogen and oxygen atoms in total. The highest BCUT2D eigenvalue weighted by Crippen LogP contribution is 2.24. The Morgan fingerprint density at radius 1 is 1.21 bits per heavy atom. The van der Waals surface area contributed by atoms with Crippen molar-refractivity contribution in [2.24, 2.45) is 0 Å². The molecular formula is C22H22N2O4. The predicted octanol–water partition coefficient (Wildman–Crippen LogP) is 4.10. The third-order valence-corrected chi connectivity index (χ3v) is 4.18. The number of fused-ring (bicyclic) bond motifs is 1. The zero-order valence-corrected chi connectivity index (χ0v) is 16.1. The monoisotopic (exact) mass is 378 g/mol. The van der Waals surface area contributed by atoms with E-state index in [1.54, 1.807) is 19.1 Å². The van der Waals surface area contributed by atoms with Gasteiger partial charge in [0.2, 0.25) is 0 Å². The number of carboxylic acids is 1. The maximum atomic E-state index is 11.2. The molecule has 0 atom stereocenters. The van der Waals surface area contributed by atoms with Crippen LogP contribution in [0.5, 0.6) is 5.75 Å². The fourth-order valence-electron chi connectivity index (χ4n) is 2.58. The zero-order valence-electron chi connectivity index (χ0n) is 16.1. The first kappa shape index (κ1) is 19.3. The van der Waals surface area contributed by atoms with Crippen molar-refractivity contribution in [3.8, 4) is 17.6 Å². The summed E-state index contributed by atoms with van der Waals surface area (Å²) in [5.41, 5.74) is 1.24. The Morgan fingerprint density at radius 3 is 2.57 bits per heavy atom. The number of aliphatic carboxylic acids is 1. The zero-order chi connectivity index (χ0) is 20.1. The van der Waals surface area contributed by atoms with Crippen LogP contribution >= 0.6 is 0 Å². The minimum Gasteiger partial charge on any atom is -0.478 e. The maximum absolute atomic E-state index is 11.2. The molecule has 1 aromatic heterocycles. The van der Waals surface area contributed by atoms with E-state index in [1.165, 1.54) is 13.8 Å². The van der Waals surface area contributed by atoms with Crippen LogP contribution in [-0.2, 0) is 11.3 Å². The fourth-order valence-corrected chi connectivity index (χ4v) is 2.58. The molecule has 0 saturated carbocycles. The molecule has 0 fully saturated rings. The molecule has 0 bridgehead atoms. The normalized spacial score (nSPS) is 11.0. The Hall–Kier alpha value is -3.46. The van der Waals surface area contributed by atoms with E-state index in [9.17, 15) is 9.90 Å². The quantitative estimate of drug-likeness (QED) is 0.624. The Labute approximate surface area is 163 Å². The molecule has 0 unspecified atom stereocenters. The van der Waals surface area contributed by atoms with Crippen LogP contribution in [0.25, 0.3) is 11.1 Å². The topological polar surface area (TPSA) is 75.8 Å². The van der Waals surface area contributed by atoms with Gasteiger partial charge in [0.25, 0.3) is 6.01 Å². The molecule has 0 aliphatic carbocycles. The molecule has 0 amide bonds. The largest absolute Gasteiger partial charge is 0.478 e. The van der Waals surface area contributed by atoms with Gasteiger partial charge in [-0.3, -0.25) is 0 Å². The maximum Gasteiger partial charge on any atom is 0.347 e.